The number of nitrogens with zero attached hydrogens (tertiary/aromatic N) is 2. The van der Waals surface area contributed by atoms with Crippen LogP contribution in [0.15, 0.2) is 48.7 Å². The number of carbonyl (C=O) groups excluding carboxylic acids is 4. The Balaban J connectivity index is 1.27. The van der Waals surface area contributed by atoms with Crippen molar-refractivity contribution in [1.29, 1.82) is 0 Å². The number of aromatic amines is 2. The number of rotatable bonds is 13. The van der Waals surface area contributed by atoms with Crippen molar-refractivity contribution in [3.63, 3.8) is 0 Å². The van der Waals surface area contributed by atoms with E-state index >= 15 is 0 Å². The van der Waals surface area contributed by atoms with Gasteiger partial charge < -0.3 is 35.4 Å². The third-order valence-electron chi connectivity index (χ3n) is 9.86. The standard InChI is InChI=1S/C40H51N7O6/c1-21(2)30(19-33(48)52-7)38(49)42-24(6)37-44-31-11-9-10-28-18-27(16-17-29(28)35(31)46-37)25-12-14-26(15-13-25)32-20-41-36(45-32)23(5)43-39(50)34(22(3)4)47-40(51)53-8/h12-18,20-24,30,34H,9-11,19H2,1-8H3,(H,41,45)(H,42,49)(H,43,50)(H,44,46)(H,47,51)/t23-,24-,30-,34-/m0/s1. The molecule has 0 aliphatic heterocycles. The highest BCUT2D eigenvalue weighted by molar-refractivity contribution is 5.86. The highest BCUT2D eigenvalue weighted by atomic mass is 16.5. The number of benzene rings is 2. The first-order chi connectivity index (χ1) is 25.3. The molecule has 1 aliphatic rings. The Labute approximate surface area is 310 Å². The Morgan fingerprint density at radius 1 is 0.755 bits per heavy atom. The first kappa shape index (κ1) is 38.8. The van der Waals surface area contributed by atoms with E-state index in [1.54, 1.807) is 6.20 Å². The largest absolute Gasteiger partial charge is 0.469 e. The predicted molar refractivity (Wildman–Crippen MR) is 201 cm³/mol. The van der Waals surface area contributed by atoms with Crippen molar-refractivity contribution < 1.29 is 28.7 Å². The number of hydrogen-bond donors (Lipinski definition) is 5. The number of fused-ring (bicyclic) bond motifs is 3. The molecule has 0 spiro atoms. The van der Waals surface area contributed by atoms with Crippen LogP contribution in [0.3, 0.4) is 0 Å². The summed E-state index contributed by atoms with van der Waals surface area (Å²) in [6.45, 7) is 11.3. The minimum absolute atomic E-state index is 0.0250. The number of amides is 3. The fourth-order valence-electron chi connectivity index (χ4n) is 6.63. The van der Waals surface area contributed by atoms with Gasteiger partial charge in [-0.15, -0.1) is 0 Å². The molecule has 0 fully saturated rings. The van der Waals surface area contributed by atoms with Crippen molar-refractivity contribution in [2.45, 2.75) is 85.4 Å². The second kappa shape index (κ2) is 16.9. The summed E-state index contributed by atoms with van der Waals surface area (Å²) in [7, 11) is 2.59. The molecule has 4 atom stereocenters. The van der Waals surface area contributed by atoms with Gasteiger partial charge in [-0.05, 0) is 67.2 Å². The van der Waals surface area contributed by atoms with E-state index in [-0.39, 0.29) is 36.1 Å². The molecule has 53 heavy (non-hydrogen) atoms. The lowest BCUT2D eigenvalue weighted by Crippen LogP contribution is -2.50. The first-order valence-corrected chi connectivity index (χ1v) is 18.2. The minimum atomic E-state index is -0.745. The molecule has 0 saturated heterocycles. The topological polar surface area (TPSA) is 180 Å². The van der Waals surface area contributed by atoms with Gasteiger partial charge in [0.2, 0.25) is 11.8 Å². The summed E-state index contributed by atoms with van der Waals surface area (Å²) in [6.07, 6.45) is 3.83. The number of esters is 1. The van der Waals surface area contributed by atoms with Crippen LogP contribution < -0.4 is 16.0 Å². The number of aryl methyl sites for hydroxylation is 2. The third kappa shape index (κ3) is 9.13. The molecule has 282 valence electrons. The monoisotopic (exact) mass is 725 g/mol. The maximum absolute atomic E-state index is 13.1. The van der Waals surface area contributed by atoms with E-state index in [4.69, 9.17) is 9.72 Å². The van der Waals surface area contributed by atoms with Crippen molar-refractivity contribution in [3.05, 3.63) is 71.6 Å². The normalized spacial score (nSPS) is 14.6. The van der Waals surface area contributed by atoms with Gasteiger partial charge in [-0.3, -0.25) is 14.4 Å². The minimum Gasteiger partial charge on any atom is -0.469 e. The Hall–Kier alpha value is -5.46. The molecule has 2 heterocycles. The molecule has 5 N–H and O–H groups in total. The molecule has 5 rings (SSSR count). The SMILES string of the molecule is COC(=O)C[C@H](C(=O)N[C@@H](C)c1nc2c([nH]1)CCCc1cc(-c3ccc(-c4cnc([C@H](C)NC(=O)[C@@H](NC(=O)OC)C(C)C)[nH]4)cc3)ccc1-2)C(C)C. The summed E-state index contributed by atoms with van der Waals surface area (Å²) in [4.78, 5) is 66.0. The lowest BCUT2D eigenvalue weighted by atomic mass is 9.91. The van der Waals surface area contributed by atoms with Crippen LogP contribution >= 0.6 is 0 Å². The third-order valence-corrected chi connectivity index (χ3v) is 9.86. The second-order valence-electron chi connectivity index (χ2n) is 14.4. The number of hydrogen-bond acceptors (Lipinski definition) is 8. The van der Waals surface area contributed by atoms with Crippen molar-refractivity contribution in [1.82, 2.24) is 35.9 Å². The van der Waals surface area contributed by atoms with Crippen LogP contribution in [0.5, 0.6) is 0 Å². The number of methoxy groups -OCH3 is 2. The molecule has 3 amide bonds. The zero-order valence-electron chi connectivity index (χ0n) is 31.8. The summed E-state index contributed by atoms with van der Waals surface area (Å²) in [5.74, 6) is -0.296. The van der Waals surface area contributed by atoms with Gasteiger partial charge in [0.1, 0.15) is 17.7 Å². The maximum atomic E-state index is 13.1. The Morgan fingerprint density at radius 2 is 1.42 bits per heavy atom. The average Bonchev–Trinajstić information content (AvgIpc) is 3.77. The molecule has 1 aliphatic carbocycles. The molecule has 13 heteroatoms. The van der Waals surface area contributed by atoms with E-state index in [1.807, 2.05) is 53.7 Å². The van der Waals surface area contributed by atoms with E-state index in [1.165, 1.54) is 19.8 Å². The smallest absolute Gasteiger partial charge is 0.407 e. The Morgan fingerprint density at radius 3 is 2.08 bits per heavy atom. The summed E-state index contributed by atoms with van der Waals surface area (Å²) < 4.78 is 9.47. The van der Waals surface area contributed by atoms with Gasteiger partial charge in [-0.25, -0.2) is 14.8 Å². The molecule has 13 nitrogen and oxygen atoms in total. The Bertz CT molecular complexity index is 1930. The lowest BCUT2D eigenvalue weighted by Gasteiger charge is -2.22. The number of carbonyl (C=O) groups is 4. The molecular formula is C40H51N7O6. The fraction of sp³-hybridized carbons (Fsp3) is 0.450. The predicted octanol–water partition coefficient (Wildman–Crippen LogP) is 6.19. The highest BCUT2D eigenvalue weighted by Crippen LogP contribution is 2.35. The molecular weight excluding hydrogens is 674 g/mol. The molecule has 2 aromatic heterocycles. The van der Waals surface area contributed by atoms with E-state index in [0.717, 1.165) is 58.6 Å². The first-order valence-electron chi connectivity index (χ1n) is 18.2. The molecule has 0 saturated carbocycles. The van der Waals surface area contributed by atoms with E-state index in [2.05, 4.69) is 66.0 Å². The van der Waals surface area contributed by atoms with Gasteiger partial charge in [0.15, 0.2) is 0 Å². The fourth-order valence-corrected chi connectivity index (χ4v) is 6.63. The van der Waals surface area contributed by atoms with Gasteiger partial charge in [0.05, 0.1) is 56.2 Å². The van der Waals surface area contributed by atoms with Gasteiger partial charge in [0, 0.05) is 11.3 Å². The molecule has 0 unspecified atom stereocenters. The van der Waals surface area contributed by atoms with E-state index < -0.39 is 30.1 Å². The van der Waals surface area contributed by atoms with Crippen molar-refractivity contribution in [3.8, 4) is 33.6 Å². The lowest BCUT2D eigenvalue weighted by molar-refractivity contribution is -0.145. The average molecular weight is 726 g/mol. The van der Waals surface area contributed by atoms with E-state index in [9.17, 15) is 19.2 Å². The number of H-pyrrole nitrogens is 2. The molecule has 2 aromatic carbocycles. The summed E-state index contributed by atoms with van der Waals surface area (Å²) in [5.41, 5.74) is 8.20. The second-order valence-corrected chi connectivity index (χ2v) is 14.4. The summed E-state index contributed by atoms with van der Waals surface area (Å²) in [5, 5.41) is 8.57. The summed E-state index contributed by atoms with van der Waals surface area (Å²) >= 11 is 0. The van der Waals surface area contributed by atoms with Crippen LogP contribution in [-0.2, 0) is 36.7 Å². The van der Waals surface area contributed by atoms with Gasteiger partial charge in [-0.2, -0.15) is 0 Å². The molecule has 4 aromatic rings. The van der Waals surface area contributed by atoms with Crippen LogP contribution in [-0.4, -0.2) is 64.1 Å². The van der Waals surface area contributed by atoms with Crippen molar-refractivity contribution >= 4 is 23.9 Å². The van der Waals surface area contributed by atoms with Crippen LogP contribution in [0.1, 0.15) is 89.4 Å². The van der Waals surface area contributed by atoms with Crippen LogP contribution in [0, 0.1) is 17.8 Å². The molecule has 0 bridgehead atoms. The van der Waals surface area contributed by atoms with Gasteiger partial charge >= 0.3 is 12.1 Å². The number of alkyl carbamates (subject to hydrolysis) is 1. The number of nitrogens with one attached hydrogen (secondary N) is 5. The summed E-state index contributed by atoms with van der Waals surface area (Å²) in [6, 6.07) is 13.2. The van der Waals surface area contributed by atoms with Crippen molar-refractivity contribution in [2.24, 2.45) is 17.8 Å². The number of aromatic nitrogens is 4. The maximum Gasteiger partial charge on any atom is 0.407 e. The Kier molecular flexibility index (Phi) is 12.4. The van der Waals surface area contributed by atoms with Crippen LogP contribution in [0.4, 0.5) is 4.79 Å². The zero-order valence-corrected chi connectivity index (χ0v) is 31.8. The quantitative estimate of drug-likeness (QED) is 0.101. The van der Waals surface area contributed by atoms with E-state index in [0.29, 0.717) is 11.6 Å². The van der Waals surface area contributed by atoms with Crippen LogP contribution in [0.2, 0.25) is 0 Å². The number of imidazole rings is 2. The van der Waals surface area contributed by atoms with Crippen LogP contribution in [0.25, 0.3) is 33.6 Å². The highest BCUT2D eigenvalue weighted by Gasteiger charge is 2.29. The zero-order chi connectivity index (χ0) is 38.4. The van der Waals surface area contributed by atoms with Crippen molar-refractivity contribution in [2.75, 3.05) is 14.2 Å². The van der Waals surface area contributed by atoms with Gasteiger partial charge in [0.25, 0.3) is 0 Å². The molecule has 0 radical (unpaired) electrons. The number of ether oxygens (including phenoxy) is 2. The van der Waals surface area contributed by atoms with Gasteiger partial charge in [-0.1, -0.05) is 70.2 Å².